The van der Waals surface area contributed by atoms with Gasteiger partial charge in [0, 0.05) is 25.0 Å². The van der Waals surface area contributed by atoms with Crippen molar-refractivity contribution in [3.63, 3.8) is 0 Å². The summed E-state index contributed by atoms with van der Waals surface area (Å²) in [7, 11) is -3.21. The van der Waals surface area contributed by atoms with Crippen molar-refractivity contribution in [2.24, 2.45) is 5.41 Å². The molecule has 0 aliphatic heterocycles. The van der Waals surface area contributed by atoms with Crippen LogP contribution in [0, 0.1) is 5.41 Å². The molecule has 3 saturated carbocycles. The molecule has 3 aliphatic carbocycles. The van der Waals surface area contributed by atoms with E-state index in [0.717, 1.165) is 50.8 Å². The Morgan fingerprint density at radius 1 is 1.00 bits per heavy atom. The van der Waals surface area contributed by atoms with Gasteiger partial charge in [0.15, 0.2) is 5.65 Å². The van der Waals surface area contributed by atoms with Gasteiger partial charge < -0.3 is 4.98 Å². The Hall–Kier alpha value is -1.94. The standard InChI is InChI=1S/C21H33N5O4S/c1-4-12-25-16-15(17(27)26(13-5-2)19(25)28)23-18(24-16)21-9-6-20(7-10-21,8-11-21)14-22-31(3,29)30/h22H,4-14H2,1-3H3,(H,23,24). The average Bonchev–Trinajstić information content (AvgIpc) is 3.20. The molecule has 9 nitrogen and oxygen atoms in total. The lowest BCUT2D eigenvalue weighted by Crippen LogP contribution is -2.49. The van der Waals surface area contributed by atoms with E-state index in [1.807, 2.05) is 13.8 Å². The molecule has 5 rings (SSSR count). The lowest BCUT2D eigenvalue weighted by Gasteiger charge is -2.52. The van der Waals surface area contributed by atoms with Crippen LogP contribution in [0.2, 0.25) is 0 Å². The summed E-state index contributed by atoms with van der Waals surface area (Å²) in [6.45, 7) is 5.36. The van der Waals surface area contributed by atoms with Crippen molar-refractivity contribution in [3.8, 4) is 0 Å². The van der Waals surface area contributed by atoms with E-state index in [4.69, 9.17) is 4.98 Å². The molecule has 2 N–H and O–H groups in total. The maximum atomic E-state index is 13.0. The topological polar surface area (TPSA) is 119 Å². The maximum Gasteiger partial charge on any atom is 0.332 e. The third-order valence-electron chi connectivity index (χ3n) is 7.37. The molecule has 0 aromatic carbocycles. The molecular weight excluding hydrogens is 418 g/mol. The second-order valence-electron chi connectivity index (χ2n) is 9.55. The summed E-state index contributed by atoms with van der Waals surface area (Å²) in [5.74, 6) is 0.808. The van der Waals surface area contributed by atoms with Crippen LogP contribution in [0.1, 0.15) is 71.0 Å². The largest absolute Gasteiger partial charge is 0.336 e. The first kappa shape index (κ1) is 22.3. The Kier molecular flexibility index (Phi) is 5.66. The molecule has 0 atom stereocenters. The van der Waals surface area contributed by atoms with Crippen molar-refractivity contribution >= 4 is 21.2 Å². The number of aryl methyl sites for hydroxylation is 1. The Morgan fingerprint density at radius 2 is 1.58 bits per heavy atom. The Morgan fingerprint density at radius 3 is 2.13 bits per heavy atom. The van der Waals surface area contributed by atoms with Crippen molar-refractivity contribution in [3.05, 3.63) is 26.7 Å². The van der Waals surface area contributed by atoms with Crippen LogP contribution in [-0.2, 0) is 28.5 Å². The lowest BCUT2D eigenvalue weighted by atomic mass is 9.53. The minimum absolute atomic E-state index is 0.00892. The number of hydrogen-bond acceptors (Lipinski definition) is 5. The van der Waals surface area contributed by atoms with Crippen molar-refractivity contribution < 1.29 is 8.42 Å². The van der Waals surface area contributed by atoms with E-state index < -0.39 is 10.0 Å². The summed E-state index contributed by atoms with van der Waals surface area (Å²) in [5, 5.41) is 0. The van der Waals surface area contributed by atoms with Gasteiger partial charge in [0.1, 0.15) is 11.3 Å². The Bertz CT molecular complexity index is 1180. The zero-order valence-corrected chi connectivity index (χ0v) is 19.5. The molecule has 2 heterocycles. The first-order chi connectivity index (χ1) is 14.6. The summed E-state index contributed by atoms with van der Waals surface area (Å²) in [5.41, 5.74) is 0.190. The van der Waals surface area contributed by atoms with Gasteiger partial charge >= 0.3 is 5.69 Å². The number of sulfonamides is 1. The number of hydrogen-bond donors (Lipinski definition) is 2. The number of imidazole rings is 1. The number of aromatic nitrogens is 4. The van der Waals surface area contributed by atoms with E-state index in [0.29, 0.717) is 37.2 Å². The quantitative estimate of drug-likeness (QED) is 0.635. The van der Waals surface area contributed by atoms with Gasteiger partial charge in [-0.25, -0.2) is 22.9 Å². The van der Waals surface area contributed by atoms with Gasteiger partial charge in [-0.3, -0.25) is 13.9 Å². The number of aromatic amines is 1. The van der Waals surface area contributed by atoms with Gasteiger partial charge in [-0.15, -0.1) is 0 Å². The molecule has 31 heavy (non-hydrogen) atoms. The molecule has 0 spiro atoms. The maximum absolute atomic E-state index is 13.0. The van der Waals surface area contributed by atoms with E-state index in [1.165, 1.54) is 10.8 Å². The van der Waals surface area contributed by atoms with Crippen LogP contribution in [0.15, 0.2) is 9.59 Å². The van der Waals surface area contributed by atoms with E-state index in [1.54, 1.807) is 4.57 Å². The van der Waals surface area contributed by atoms with Crippen LogP contribution in [0.4, 0.5) is 0 Å². The minimum atomic E-state index is -3.21. The normalized spacial score (nSPS) is 26.0. The minimum Gasteiger partial charge on any atom is -0.336 e. The Labute approximate surface area is 182 Å². The molecule has 2 aromatic rings. The Balaban J connectivity index is 1.70. The molecule has 2 bridgehead atoms. The fourth-order valence-corrected chi connectivity index (χ4v) is 6.00. The van der Waals surface area contributed by atoms with Gasteiger partial charge in [-0.1, -0.05) is 13.8 Å². The highest BCUT2D eigenvalue weighted by atomic mass is 32.2. The SMILES string of the molecule is CCCn1c(=O)c2[nH]c(C34CCC(CNS(C)(=O)=O)(CC3)CC4)nc2n(CCC)c1=O. The van der Waals surface area contributed by atoms with Crippen molar-refractivity contribution in [1.82, 2.24) is 23.8 Å². The first-order valence-electron chi connectivity index (χ1n) is 11.3. The van der Waals surface area contributed by atoms with Gasteiger partial charge in [-0.05, 0) is 56.8 Å². The monoisotopic (exact) mass is 451 g/mol. The smallest absolute Gasteiger partial charge is 0.332 e. The summed E-state index contributed by atoms with van der Waals surface area (Å²) in [4.78, 5) is 34.1. The number of H-pyrrole nitrogens is 1. The van der Waals surface area contributed by atoms with E-state index >= 15 is 0 Å². The predicted molar refractivity (Wildman–Crippen MR) is 120 cm³/mol. The molecule has 0 unspecified atom stereocenters. The summed E-state index contributed by atoms with van der Waals surface area (Å²) in [6.07, 6.45) is 8.18. The van der Waals surface area contributed by atoms with E-state index in [2.05, 4.69) is 9.71 Å². The summed E-state index contributed by atoms with van der Waals surface area (Å²) >= 11 is 0. The van der Waals surface area contributed by atoms with Gasteiger partial charge in [-0.2, -0.15) is 0 Å². The molecular formula is C21H33N5O4S. The van der Waals surface area contributed by atoms with Crippen molar-refractivity contribution in [2.45, 2.75) is 83.7 Å². The van der Waals surface area contributed by atoms with Crippen LogP contribution in [0.25, 0.3) is 11.2 Å². The van der Waals surface area contributed by atoms with Crippen LogP contribution >= 0.6 is 0 Å². The number of fused-ring (bicyclic) bond motifs is 4. The molecule has 10 heteroatoms. The number of nitrogens with zero attached hydrogens (tertiary/aromatic N) is 3. The van der Waals surface area contributed by atoms with Crippen LogP contribution < -0.4 is 16.0 Å². The fraction of sp³-hybridized carbons (Fsp3) is 0.762. The average molecular weight is 452 g/mol. The van der Waals surface area contributed by atoms with E-state index in [-0.39, 0.29) is 22.1 Å². The highest BCUT2D eigenvalue weighted by molar-refractivity contribution is 7.88. The van der Waals surface area contributed by atoms with Crippen LogP contribution in [0.3, 0.4) is 0 Å². The second-order valence-corrected chi connectivity index (χ2v) is 11.4. The molecule has 3 fully saturated rings. The van der Waals surface area contributed by atoms with Crippen molar-refractivity contribution in [1.29, 1.82) is 0 Å². The highest BCUT2D eigenvalue weighted by Crippen LogP contribution is 2.57. The molecule has 3 aliphatic rings. The lowest BCUT2D eigenvalue weighted by molar-refractivity contribution is 0.0402. The number of rotatable bonds is 8. The zero-order chi connectivity index (χ0) is 22.4. The van der Waals surface area contributed by atoms with Crippen LogP contribution in [0.5, 0.6) is 0 Å². The molecule has 2 aromatic heterocycles. The van der Waals surface area contributed by atoms with Crippen molar-refractivity contribution in [2.75, 3.05) is 12.8 Å². The third-order valence-corrected chi connectivity index (χ3v) is 8.04. The van der Waals surface area contributed by atoms with Gasteiger partial charge in [0.25, 0.3) is 5.56 Å². The van der Waals surface area contributed by atoms with Gasteiger partial charge in [0.05, 0.1) is 6.26 Å². The highest BCUT2D eigenvalue weighted by Gasteiger charge is 2.51. The molecule has 0 amide bonds. The van der Waals surface area contributed by atoms with E-state index in [9.17, 15) is 18.0 Å². The summed E-state index contributed by atoms with van der Waals surface area (Å²) < 4.78 is 28.8. The summed E-state index contributed by atoms with van der Waals surface area (Å²) in [6, 6.07) is 0. The van der Waals surface area contributed by atoms with Crippen LogP contribution in [-0.4, -0.2) is 40.3 Å². The first-order valence-corrected chi connectivity index (χ1v) is 13.2. The zero-order valence-electron chi connectivity index (χ0n) is 18.7. The molecule has 172 valence electrons. The third kappa shape index (κ3) is 3.88. The molecule has 0 radical (unpaired) electrons. The molecule has 0 saturated heterocycles. The predicted octanol–water partition coefficient (Wildman–Crippen LogP) is 1.85. The number of nitrogens with one attached hydrogen (secondary N) is 2. The fourth-order valence-electron chi connectivity index (χ4n) is 5.43. The van der Waals surface area contributed by atoms with Gasteiger partial charge in [0.2, 0.25) is 10.0 Å². The second kappa shape index (κ2) is 7.88.